The van der Waals surface area contributed by atoms with E-state index in [1.165, 1.54) is 28.6 Å². The topological polar surface area (TPSA) is 76.6 Å². The van der Waals surface area contributed by atoms with E-state index in [0.29, 0.717) is 24.4 Å². The lowest BCUT2D eigenvalue weighted by Crippen LogP contribution is -2.27. The lowest BCUT2D eigenvalue weighted by atomic mass is 10.1. The summed E-state index contributed by atoms with van der Waals surface area (Å²) in [6.07, 6.45) is 9.15. The summed E-state index contributed by atoms with van der Waals surface area (Å²) in [5, 5.41) is 0. The molecule has 0 N–H and O–H groups in total. The number of ether oxygens (including phenoxy) is 1. The number of rotatable bonds is 6. The van der Waals surface area contributed by atoms with Crippen molar-refractivity contribution in [2.24, 2.45) is 0 Å². The van der Waals surface area contributed by atoms with Crippen LogP contribution in [0.25, 0.3) is 12.2 Å². The van der Waals surface area contributed by atoms with Crippen LogP contribution >= 0.6 is 0 Å². The molecule has 1 fully saturated rings. The van der Waals surface area contributed by atoms with E-state index >= 15 is 0 Å². The first-order valence-corrected chi connectivity index (χ1v) is 11.5. The highest BCUT2D eigenvalue weighted by molar-refractivity contribution is 7.89. The molecule has 31 heavy (non-hydrogen) atoms. The number of nitrogens with zero attached hydrogens (tertiary/aromatic N) is 2. The maximum Gasteiger partial charge on any atom is 0.343 e. The van der Waals surface area contributed by atoms with Crippen LogP contribution in [0.3, 0.4) is 0 Å². The van der Waals surface area contributed by atoms with Gasteiger partial charge in [-0.2, -0.15) is 4.31 Å². The minimum Gasteiger partial charge on any atom is -0.423 e. The second-order valence-electron chi connectivity index (χ2n) is 7.21. The van der Waals surface area contributed by atoms with Crippen LogP contribution in [0.4, 0.5) is 0 Å². The SMILES string of the molecule is O=C(Oc1ccc(/C=C/c2ccncc2)cc1)c1ccc(S(=O)(=O)N2CCCC2)cc1. The lowest BCUT2D eigenvalue weighted by Gasteiger charge is -2.15. The summed E-state index contributed by atoms with van der Waals surface area (Å²) in [5.74, 6) is -0.120. The van der Waals surface area contributed by atoms with Crippen LogP contribution in [0.1, 0.15) is 34.3 Å². The Kier molecular flexibility index (Phi) is 6.25. The van der Waals surface area contributed by atoms with E-state index in [4.69, 9.17) is 4.74 Å². The zero-order valence-corrected chi connectivity index (χ0v) is 17.7. The van der Waals surface area contributed by atoms with E-state index in [1.54, 1.807) is 24.5 Å². The van der Waals surface area contributed by atoms with Crippen molar-refractivity contribution in [1.82, 2.24) is 9.29 Å². The van der Waals surface area contributed by atoms with E-state index < -0.39 is 16.0 Å². The molecule has 1 aromatic heterocycles. The van der Waals surface area contributed by atoms with E-state index in [0.717, 1.165) is 24.0 Å². The van der Waals surface area contributed by atoms with E-state index in [9.17, 15) is 13.2 Å². The fourth-order valence-corrected chi connectivity index (χ4v) is 4.84. The summed E-state index contributed by atoms with van der Waals surface area (Å²) in [6.45, 7) is 1.08. The number of carbonyl (C=O) groups is 1. The number of hydrogen-bond acceptors (Lipinski definition) is 5. The van der Waals surface area contributed by atoms with Crippen LogP contribution in [-0.2, 0) is 10.0 Å². The van der Waals surface area contributed by atoms with Crippen LogP contribution in [0, 0.1) is 0 Å². The second kappa shape index (κ2) is 9.24. The molecule has 0 amide bonds. The van der Waals surface area contributed by atoms with Crippen LogP contribution in [0.15, 0.2) is 78.0 Å². The third kappa shape index (κ3) is 5.07. The molecule has 0 unspecified atom stereocenters. The normalized spacial score (nSPS) is 14.7. The molecule has 4 rings (SSSR count). The molecule has 0 spiro atoms. The summed E-state index contributed by atoms with van der Waals surface area (Å²) >= 11 is 0. The smallest absolute Gasteiger partial charge is 0.343 e. The Morgan fingerprint density at radius 1 is 0.839 bits per heavy atom. The Morgan fingerprint density at radius 2 is 1.42 bits per heavy atom. The van der Waals surface area contributed by atoms with Gasteiger partial charge in [0.25, 0.3) is 0 Å². The number of esters is 1. The summed E-state index contributed by atoms with van der Waals surface area (Å²) < 4.78 is 32.1. The first-order chi connectivity index (χ1) is 15.0. The van der Waals surface area contributed by atoms with Gasteiger partial charge in [-0.3, -0.25) is 4.98 Å². The number of carbonyl (C=O) groups excluding carboxylic acids is 1. The van der Waals surface area contributed by atoms with Crippen LogP contribution in [-0.4, -0.2) is 36.8 Å². The Morgan fingerprint density at radius 3 is 2.03 bits per heavy atom. The molecule has 3 aromatic rings. The molecule has 0 atom stereocenters. The summed E-state index contributed by atoms with van der Waals surface area (Å²) in [6, 6.07) is 16.8. The molecule has 2 aromatic carbocycles. The van der Waals surface area contributed by atoms with Crippen molar-refractivity contribution in [3.8, 4) is 5.75 Å². The van der Waals surface area contributed by atoms with Gasteiger partial charge in [0.2, 0.25) is 10.0 Å². The van der Waals surface area contributed by atoms with Gasteiger partial charge in [0.1, 0.15) is 5.75 Å². The minimum absolute atomic E-state index is 0.191. The van der Waals surface area contributed by atoms with Gasteiger partial charge < -0.3 is 4.74 Å². The van der Waals surface area contributed by atoms with Crippen LogP contribution in [0.2, 0.25) is 0 Å². The molecule has 1 aliphatic heterocycles. The van der Waals surface area contributed by atoms with Crippen LogP contribution in [0.5, 0.6) is 5.75 Å². The quantitative estimate of drug-likeness (QED) is 0.428. The van der Waals surface area contributed by atoms with Gasteiger partial charge in [0, 0.05) is 25.5 Å². The monoisotopic (exact) mass is 434 g/mol. The van der Waals surface area contributed by atoms with Crippen molar-refractivity contribution in [2.45, 2.75) is 17.7 Å². The average molecular weight is 435 g/mol. The molecule has 6 nitrogen and oxygen atoms in total. The van der Waals surface area contributed by atoms with E-state index in [-0.39, 0.29) is 4.90 Å². The molecular weight excluding hydrogens is 412 g/mol. The number of aromatic nitrogens is 1. The summed E-state index contributed by atoms with van der Waals surface area (Å²) in [7, 11) is -3.50. The number of pyridine rings is 1. The molecule has 0 bridgehead atoms. The van der Waals surface area contributed by atoms with E-state index in [2.05, 4.69) is 4.98 Å². The first-order valence-electron chi connectivity index (χ1n) is 10.0. The fraction of sp³-hybridized carbons (Fsp3) is 0.167. The fourth-order valence-electron chi connectivity index (χ4n) is 3.32. The Hall–Kier alpha value is -3.29. The van der Waals surface area contributed by atoms with Gasteiger partial charge in [0.15, 0.2) is 0 Å². The number of benzene rings is 2. The minimum atomic E-state index is -3.50. The average Bonchev–Trinajstić information content (AvgIpc) is 3.35. The van der Waals surface area contributed by atoms with Gasteiger partial charge in [0.05, 0.1) is 10.5 Å². The molecule has 1 saturated heterocycles. The Balaban J connectivity index is 1.39. The van der Waals surface area contributed by atoms with E-state index in [1.807, 2.05) is 36.4 Å². The molecular formula is C24H22N2O4S. The van der Waals surface area contributed by atoms with Gasteiger partial charge in [-0.15, -0.1) is 0 Å². The molecule has 158 valence electrons. The van der Waals surface area contributed by atoms with Crippen molar-refractivity contribution >= 4 is 28.1 Å². The zero-order valence-electron chi connectivity index (χ0n) is 16.8. The zero-order chi connectivity index (χ0) is 21.7. The summed E-state index contributed by atoms with van der Waals surface area (Å²) in [5.41, 5.74) is 2.30. The Labute approximate surface area is 181 Å². The first kappa shape index (κ1) is 21.0. The maximum atomic E-state index is 12.6. The molecule has 0 aliphatic carbocycles. The van der Waals surface area contributed by atoms with Gasteiger partial charge >= 0.3 is 5.97 Å². The van der Waals surface area contributed by atoms with Crippen molar-refractivity contribution in [3.63, 3.8) is 0 Å². The predicted octanol–water partition coefficient (Wildman–Crippen LogP) is 4.26. The number of sulfonamides is 1. The maximum absolute atomic E-state index is 12.6. The molecule has 7 heteroatoms. The molecule has 1 aliphatic rings. The van der Waals surface area contributed by atoms with Crippen molar-refractivity contribution in [3.05, 3.63) is 89.7 Å². The highest BCUT2D eigenvalue weighted by atomic mass is 32.2. The Bertz CT molecular complexity index is 1170. The van der Waals surface area contributed by atoms with Crippen molar-refractivity contribution in [1.29, 1.82) is 0 Å². The third-order valence-electron chi connectivity index (χ3n) is 5.06. The van der Waals surface area contributed by atoms with Gasteiger partial charge in [-0.05, 0) is 72.5 Å². The van der Waals surface area contributed by atoms with Crippen LogP contribution < -0.4 is 4.74 Å². The predicted molar refractivity (Wildman–Crippen MR) is 119 cm³/mol. The number of hydrogen-bond donors (Lipinski definition) is 0. The summed E-state index contributed by atoms with van der Waals surface area (Å²) in [4.78, 5) is 16.6. The van der Waals surface area contributed by atoms with Gasteiger partial charge in [-0.1, -0.05) is 24.3 Å². The largest absolute Gasteiger partial charge is 0.423 e. The van der Waals surface area contributed by atoms with Gasteiger partial charge in [-0.25, -0.2) is 13.2 Å². The van der Waals surface area contributed by atoms with Crippen molar-refractivity contribution in [2.75, 3.05) is 13.1 Å². The third-order valence-corrected chi connectivity index (χ3v) is 6.97. The molecule has 0 radical (unpaired) electrons. The lowest BCUT2D eigenvalue weighted by molar-refractivity contribution is 0.0734. The highest BCUT2D eigenvalue weighted by Gasteiger charge is 2.27. The highest BCUT2D eigenvalue weighted by Crippen LogP contribution is 2.22. The van der Waals surface area contributed by atoms with Crippen molar-refractivity contribution < 1.29 is 17.9 Å². The molecule has 2 heterocycles. The molecule has 0 saturated carbocycles. The standard InChI is InChI=1S/C24H22N2O4S/c27-24(21-7-11-23(12-8-21)31(28,29)26-17-1-2-18-26)30-22-9-5-19(6-10-22)3-4-20-13-15-25-16-14-20/h3-16H,1-2,17-18H2/b4-3+. The second-order valence-corrected chi connectivity index (χ2v) is 9.15.